The normalized spacial score (nSPS) is 12.9. The Labute approximate surface area is 184 Å². The number of ether oxygens (including phenoxy) is 1. The summed E-state index contributed by atoms with van der Waals surface area (Å²) in [5, 5.41) is 12.6. The highest BCUT2D eigenvalue weighted by atomic mass is 35.5. The lowest BCUT2D eigenvalue weighted by Gasteiger charge is -2.17. The Morgan fingerprint density at radius 3 is 2.47 bits per heavy atom. The van der Waals surface area contributed by atoms with Crippen molar-refractivity contribution in [2.24, 2.45) is 5.73 Å². The number of rotatable bonds is 8. The molecule has 0 aliphatic carbocycles. The third-order valence-electron chi connectivity index (χ3n) is 4.18. The summed E-state index contributed by atoms with van der Waals surface area (Å²) in [6.07, 6.45) is 2.60. The molecule has 0 aliphatic rings. The first-order chi connectivity index (χ1) is 14.2. The van der Waals surface area contributed by atoms with Gasteiger partial charge in [0, 0.05) is 11.2 Å². The maximum Gasteiger partial charge on any atom is 0.335 e. The van der Waals surface area contributed by atoms with Crippen LogP contribution in [0.25, 0.3) is 0 Å². The first-order valence-corrected chi connectivity index (χ1v) is 9.77. The Kier molecular flexibility index (Phi) is 8.33. The number of nitrogens with two attached hydrogens (primary N) is 1. The standard InChI is InChI=1S/C22H22Cl2N2O4/c1-13-7-18(23)10-20(8-13)30-12-17(9-19(24)11-25)21(27)26-14(2)15-3-5-16(6-4-15)22(28)29/h3-11,14H,12,25H2,1-2H3,(H,26,27)(H,28,29)/b17-9+,19-11+. The number of carbonyl (C=O) groups is 2. The van der Waals surface area contributed by atoms with Crippen LogP contribution in [0.3, 0.4) is 0 Å². The van der Waals surface area contributed by atoms with Crippen molar-refractivity contribution in [1.82, 2.24) is 5.32 Å². The first kappa shape index (κ1) is 23.3. The van der Waals surface area contributed by atoms with Crippen LogP contribution in [0.1, 0.15) is 34.5 Å². The topological polar surface area (TPSA) is 102 Å². The monoisotopic (exact) mass is 448 g/mol. The predicted molar refractivity (Wildman–Crippen MR) is 118 cm³/mol. The number of allylic oxidation sites excluding steroid dienone is 2. The highest BCUT2D eigenvalue weighted by Crippen LogP contribution is 2.22. The molecule has 0 fully saturated rings. The van der Waals surface area contributed by atoms with E-state index in [9.17, 15) is 9.59 Å². The number of hydrogen-bond acceptors (Lipinski definition) is 4. The third-order valence-corrected chi connectivity index (χ3v) is 4.63. The molecule has 0 heterocycles. The molecule has 1 atom stereocenters. The lowest BCUT2D eigenvalue weighted by Crippen LogP contribution is -2.30. The second kappa shape index (κ2) is 10.7. The van der Waals surface area contributed by atoms with Crippen LogP contribution in [0.2, 0.25) is 5.02 Å². The van der Waals surface area contributed by atoms with Gasteiger partial charge in [0.1, 0.15) is 12.4 Å². The van der Waals surface area contributed by atoms with Crippen LogP contribution in [0.15, 0.2) is 65.3 Å². The van der Waals surface area contributed by atoms with Crippen LogP contribution >= 0.6 is 23.2 Å². The molecule has 0 spiro atoms. The van der Waals surface area contributed by atoms with Gasteiger partial charge in [0.25, 0.3) is 5.91 Å². The lowest BCUT2D eigenvalue weighted by molar-refractivity contribution is -0.118. The Balaban J connectivity index is 2.14. The van der Waals surface area contributed by atoms with E-state index in [2.05, 4.69) is 5.32 Å². The number of carbonyl (C=O) groups excluding carboxylic acids is 1. The van der Waals surface area contributed by atoms with Crippen molar-refractivity contribution < 1.29 is 19.4 Å². The van der Waals surface area contributed by atoms with Gasteiger partial charge >= 0.3 is 5.97 Å². The molecule has 158 valence electrons. The van der Waals surface area contributed by atoms with Crippen LogP contribution in [0, 0.1) is 6.92 Å². The van der Waals surface area contributed by atoms with Crippen LogP contribution in [0.4, 0.5) is 0 Å². The van der Waals surface area contributed by atoms with E-state index in [1.165, 1.54) is 24.4 Å². The van der Waals surface area contributed by atoms with Gasteiger partial charge < -0.3 is 20.9 Å². The van der Waals surface area contributed by atoms with Crippen molar-refractivity contribution in [3.8, 4) is 5.75 Å². The summed E-state index contributed by atoms with van der Waals surface area (Å²) in [7, 11) is 0. The van der Waals surface area contributed by atoms with E-state index in [0.29, 0.717) is 10.8 Å². The van der Waals surface area contributed by atoms with Crippen LogP contribution in [0.5, 0.6) is 5.75 Å². The number of nitrogens with one attached hydrogen (secondary N) is 1. The fourth-order valence-corrected chi connectivity index (χ4v) is 3.03. The van der Waals surface area contributed by atoms with Gasteiger partial charge in [-0.25, -0.2) is 4.79 Å². The zero-order chi connectivity index (χ0) is 22.3. The molecule has 0 radical (unpaired) electrons. The van der Waals surface area contributed by atoms with Gasteiger partial charge in [0.15, 0.2) is 0 Å². The molecule has 1 unspecified atom stereocenters. The van der Waals surface area contributed by atoms with Crippen LogP contribution in [-0.2, 0) is 4.79 Å². The molecule has 0 saturated heterocycles. The minimum atomic E-state index is -1.01. The molecule has 0 bridgehead atoms. The molecule has 0 aromatic heterocycles. The minimum Gasteiger partial charge on any atom is -0.489 e. The molecule has 0 saturated carbocycles. The van der Waals surface area contributed by atoms with E-state index in [-0.39, 0.29) is 28.8 Å². The second-order valence-corrected chi connectivity index (χ2v) is 7.47. The zero-order valence-electron chi connectivity index (χ0n) is 16.5. The summed E-state index contributed by atoms with van der Waals surface area (Å²) in [5.74, 6) is -0.896. The molecular weight excluding hydrogens is 427 g/mol. The summed E-state index contributed by atoms with van der Waals surface area (Å²) in [5.41, 5.74) is 7.52. The number of carboxylic acids is 1. The van der Waals surface area contributed by atoms with Crippen molar-refractivity contribution in [2.45, 2.75) is 19.9 Å². The summed E-state index contributed by atoms with van der Waals surface area (Å²) >= 11 is 12.0. The van der Waals surface area contributed by atoms with E-state index in [0.717, 1.165) is 11.1 Å². The van der Waals surface area contributed by atoms with E-state index < -0.39 is 11.9 Å². The molecule has 6 nitrogen and oxygen atoms in total. The molecule has 2 rings (SSSR count). The van der Waals surface area contributed by atoms with Crippen molar-refractivity contribution >= 4 is 35.1 Å². The van der Waals surface area contributed by atoms with Gasteiger partial charge in [-0.15, -0.1) is 0 Å². The van der Waals surface area contributed by atoms with Gasteiger partial charge in [-0.05, 0) is 61.4 Å². The fraction of sp³-hybridized carbons (Fsp3) is 0.182. The maximum atomic E-state index is 12.8. The SMILES string of the molecule is Cc1cc(Cl)cc(OC/C(=C\C(Cl)=C/N)C(=O)NC(C)c2ccc(C(=O)O)cc2)c1. The molecule has 2 aromatic carbocycles. The number of benzene rings is 2. The van der Waals surface area contributed by atoms with Gasteiger partial charge in [-0.1, -0.05) is 35.3 Å². The summed E-state index contributed by atoms with van der Waals surface area (Å²) < 4.78 is 5.72. The number of halogens is 2. The quantitative estimate of drug-likeness (QED) is 0.405. The van der Waals surface area contributed by atoms with Crippen molar-refractivity contribution in [2.75, 3.05) is 6.61 Å². The molecule has 8 heteroatoms. The van der Waals surface area contributed by atoms with Crippen molar-refractivity contribution in [3.63, 3.8) is 0 Å². The summed E-state index contributed by atoms with van der Waals surface area (Å²) in [4.78, 5) is 23.8. The van der Waals surface area contributed by atoms with E-state index in [4.69, 9.17) is 38.8 Å². The van der Waals surface area contributed by atoms with Crippen molar-refractivity contribution in [3.05, 3.63) is 87.1 Å². The molecule has 0 aliphatic heterocycles. The average molecular weight is 449 g/mol. The number of amides is 1. The van der Waals surface area contributed by atoms with E-state index in [1.807, 2.05) is 6.92 Å². The molecule has 30 heavy (non-hydrogen) atoms. The highest BCUT2D eigenvalue weighted by Gasteiger charge is 2.16. The largest absolute Gasteiger partial charge is 0.489 e. The molecule has 2 aromatic rings. The van der Waals surface area contributed by atoms with Gasteiger partial charge in [-0.2, -0.15) is 0 Å². The van der Waals surface area contributed by atoms with Crippen LogP contribution in [-0.4, -0.2) is 23.6 Å². The lowest BCUT2D eigenvalue weighted by atomic mass is 10.1. The van der Waals surface area contributed by atoms with E-state index in [1.54, 1.807) is 37.3 Å². The Hall–Kier alpha value is -2.96. The summed E-state index contributed by atoms with van der Waals surface area (Å²) in [6.45, 7) is 3.61. The van der Waals surface area contributed by atoms with Gasteiger partial charge in [-0.3, -0.25) is 4.79 Å². The van der Waals surface area contributed by atoms with Crippen LogP contribution < -0.4 is 15.8 Å². The number of aryl methyl sites for hydroxylation is 1. The summed E-state index contributed by atoms with van der Waals surface area (Å²) in [6, 6.07) is 11.1. The Bertz CT molecular complexity index is 965. The number of carboxylic acid groups (broad SMARTS) is 1. The van der Waals surface area contributed by atoms with Crippen molar-refractivity contribution in [1.29, 1.82) is 0 Å². The fourth-order valence-electron chi connectivity index (χ4n) is 2.62. The minimum absolute atomic E-state index is 0.0552. The number of aromatic carboxylic acids is 1. The smallest absolute Gasteiger partial charge is 0.335 e. The molecule has 1 amide bonds. The maximum absolute atomic E-state index is 12.8. The first-order valence-electron chi connectivity index (χ1n) is 9.01. The Morgan fingerprint density at radius 1 is 1.23 bits per heavy atom. The Morgan fingerprint density at radius 2 is 1.90 bits per heavy atom. The van der Waals surface area contributed by atoms with Gasteiger partial charge in [0.05, 0.1) is 22.2 Å². The molecule has 4 N–H and O–H groups in total. The average Bonchev–Trinajstić information content (AvgIpc) is 2.70. The predicted octanol–water partition coefficient (Wildman–Crippen LogP) is 4.57. The third kappa shape index (κ3) is 6.83. The van der Waals surface area contributed by atoms with E-state index >= 15 is 0 Å². The highest BCUT2D eigenvalue weighted by molar-refractivity contribution is 6.31. The molecular formula is C22H22Cl2N2O4. The second-order valence-electron chi connectivity index (χ2n) is 6.60. The zero-order valence-corrected chi connectivity index (χ0v) is 18.0. The number of hydrogen-bond donors (Lipinski definition) is 3. The van der Waals surface area contributed by atoms with Gasteiger partial charge in [0.2, 0.25) is 0 Å².